The lowest BCUT2D eigenvalue weighted by atomic mass is 9.95. The number of aliphatic carboxylic acids is 1. The third-order valence-electron chi connectivity index (χ3n) is 3.65. The average Bonchev–Trinajstić information content (AvgIpc) is 2.97. The summed E-state index contributed by atoms with van der Waals surface area (Å²) in [5.41, 5.74) is 0. The number of hydrogen-bond acceptors (Lipinski definition) is 3. The van der Waals surface area contributed by atoms with Crippen LogP contribution in [0.25, 0.3) is 0 Å². The van der Waals surface area contributed by atoms with Crippen LogP contribution in [0.15, 0.2) is 22.8 Å². The van der Waals surface area contributed by atoms with Gasteiger partial charge in [0.1, 0.15) is 5.76 Å². The molecule has 0 aromatic carbocycles. The predicted molar refractivity (Wildman–Crippen MR) is 68.5 cm³/mol. The first-order valence-electron chi connectivity index (χ1n) is 6.63. The molecule has 1 saturated carbocycles. The second-order valence-electron chi connectivity index (χ2n) is 5.18. The molecule has 1 aromatic rings. The molecule has 0 spiro atoms. The predicted octanol–water partition coefficient (Wildman–Crippen LogP) is 1.83. The van der Waals surface area contributed by atoms with E-state index in [0.29, 0.717) is 19.3 Å². The van der Waals surface area contributed by atoms with Crippen LogP contribution >= 0.6 is 0 Å². The van der Waals surface area contributed by atoms with Crippen LogP contribution in [-0.4, -0.2) is 23.0 Å². The van der Waals surface area contributed by atoms with Gasteiger partial charge in [-0.25, -0.2) is 0 Å². The van der Waals surface area contributed by atoms with E-state index in [1.165, 1.54) is 0 Å². The van der Waals surface area contributed by atoms with Crippen molar-refractivity contribution >= 4 is 11.9 Å². The second kappa shape index (κ2) is 5.91. The number of nitrogens with one attached hydrogen (secondary N) is 1. The molecular weight excluding hydrogens is 246 g/mol. The average molecular weight is 265 g/mol. The van der Waals surface area contributed by atoms with Gasteiger partial charge in [-0.15, -0.1) is 0 Å². The van der Waals surface area contributed by atoms with Crippen molar-refractivity contribution in [1.29, 1.82) is 0 Å². The van der Waals surface area contributed by atoms with E-state index in [1.807, 2.05) is 13.0 Å². The highest BCUT2D eigenvalue weighted by Gasteiger charge is 2.37. The van der Waals surface area contributed by atoms with E-state index in [2.05, 4.69) is 5.32 Å². The first-order valence-corrected chi connectivity index (χ1v) is 6.63. The zero-order valence-corrected chi connectivity index (χ0v) is 11.0. The van der Waals surface area contributed by atoms with Crippen LogP contribution in [0.3, 0.4) is 0 Å². The minimum absolute atomic E-state index is 0.0614. The van der Waals surface area contributed by atoms with E-state index in [1.54, 1.807) is 12.3 Å². The summed E-state index contributed by atoms with van der Waals surface area (Å²) in [6.45, 7) is 1.89. The maximum Gasteiger partial charge on any atom is 0.307 e. The quantitative estimate of drug-likeness (QED) is 0.851. The molecule has 2 N–H and O–H groups in total. The Labute approximate surface area is 112 Å². The molecule has 19 heavy (non-hydrogen) atoms. The van der Waals surface area contributed by atoms with Gasteiger partial charge in [0.25, 0.3) is 0 Å². The van der Waals surface area contributed by atoms with Crippen LogP contribution in [0.4, 0.5) is 0 Å². The normalized spacial score (nSPS) is 24.1. The minimum Gasteiger partial charge on any atom is -0.481 e. The number of amides is 1. The highest BCUT2D eigenvalue weighted by molar-refractivity contribution is 5.85. The van der Waals surface area contributed by atoms with Gasteiger partial charge in [0.05, 0.1) is 18.1 Å². The topological polar surface area (TPSA) is 79.5 Å². The first-order chi connectivity index (χ1) is 9.08. The summed E-state index contributed by atoms with van der Waals surface area (Å²) >= 11 is 0. The molecule has 0 bridgehead atoms. The minimum atomic E-state index is -0.865. The number of furan rings is 1. The summed E-state index contributed by atoms with van der Waals surface area (Å²) in [4.78, 5) is 23.2. The molecule has 1 aliphatic rings. The van der Waals surface area contributed by atoms with Gasteiger partial charge in [0.15, 0.2) is 0 Å². The van der Waals surface area contributed by atoms with Crippen molar-refractivity contribution in [2.24, 2.45) is 11.8 Å². The molecule has 104 valence electrons. The Hall–Kier alpha value is -1.78. The van der Waals surface area contributed by atoms with Crippen LogP contribution in [0, 0.1) is 11.8 Å². The number of carboxylic acid groups (broad SMARTS) is 1. The van der Waals surface area contributed by atoms with E-state index in [-0.39, 0.29) is 11.9 Å². The first kappa shape index (κ1) is 13.6. The second-order valence-corrected chi connectivity index (χ2v) is 5.18. The molecule has 1 heterocycles. The van der Waals surface area contributed by atoms with Crippen LogP contribution in [-0.2, 0) is 16.0 Å². The lowest BCUT2D eigenvalue weighted by Gasteiger charge is -2.19. The van der Waals surface area contributed by atoms with Gasteiger partial charge in [-0.2, -0.15) is 0 Å². The summed E-state index contributed by atoms with van der Waals surface area (Å²) in [6, 6.07) is 3.60. The van der Waals surface area contributed by atoms with Gasteiger partial charge in [-0.3, -0.25) is 9.59 Å². The Balaban J connectivity index is 1.88. The van der Waals surface area contributed by atoms with Gasteiger partial charge in [0, 0.05) is 12.5 Å². The van der Waals surface area contributed by atoms with E-state index >= 15 is 0 Å². The number of carbonyl (C=O) groups excluding carboxylic acids is 1. The summed E-state index contributed by atoms with van der Waals surface area (Å²) in [7, 11) is 0. The fourth-order valence-electron chi connectivity index (χ4n) is 2.70. The fraction of sp³-hybridized carbons (Fsp3) is 0.571. The third kappa shape index (κ3) is 3.36. The molecule has 1 aromatic heterocycles. The molecule has 1 aliphatic carbocycles. The lowest BCUT2D eigenvalue weighted by Crippen LogP contribution is -2.40. The van der Waals surface area contributed by atoms with Crippen molar-refractivity contribution < 1.29 is 19.1 Å². The Morgan fingerprint density at radius 3 is 2.84 bits per heavy atom. The van der Waals surface area contributed by atoms with Crippen molar-refractivity contribution in [2.75, 3.05) is 0 Å². The van der Waals surface area contributed by atoms with Crippen molar-refractivity contribution in [1.82, 2.24) is 5.32 Å². The molecule has 0 saturated heterocycles. The Bertz CT molecular complexity index is 440. The summed E-state index contributed by atoms with van der Waals surface area (Å²) in [5, 5.41) is 12.0. The monoisotopic (exact) mass is 265 g/mol. The smallest absolute Gasteiger partial charge is 0.307 e. The highest BCUT2D eigenvalue weighted by atomic mass is 16.4. The molecule has 0 aliphatic heterocycles. The highest BCUT2D eigenvalue weighted by Crippen LogP contribution is 2.32. The van der Waals surface area contributed by atoms with E-state index in [9.17, 15) is 9.59 Å². The fourth-order valence-corrected chi connectivity index (χ4v) is 2.70. The van der Waals surface area contributed by atoms with Crippen molar-refractivity contribution in [2.45, 2.75) is 38.6 Å². The van der Waals surface area contributed by atoms with Crippen LogP contribution in [0.1, 0.15) is 31.9 Å². The van der Waals surface area contributed by atoms with Gasteiger partial charge in [-0.1, -0.05) is 6.42 Å². The van der Waals surface area contributed by atoms with Crippen LogP contribution in [0.2, 0.25) is 0 Å². The van der Waals surface area contributed by atoms with Crippen molar-refractivity contribution in [3.05, 3.63) is 24.2 Å². The zero-order chi connectivity index (χ0) is 13.8. The van der Waals surface area contributed by atoms with Gasteiger partial charge in [0.2, 0.25) is 5.91 Å². The Morgan fingerprint density at radius 2 is 2.21 bits per heavy atom. The lowest BCUT2D eigenvalue weighted by molar-refractivity contribution is -0.146. The maximum absolute atomic E-state index is 12.1. The number of hydrogen-bond donors (Lipinski definition) is 2. The molecular formula is C14H19NO4. The van der Waals surface area contributed by atoms with Crippen molar-refractivity contribution in [3.63, 3.8) is 0 Å². The van der Waals surface area contributed by atoms with E-state index in [4.69, 9.17) is 9.52 Å². The summed E-state index contributed by atoms with van der Waals surface area (Å²) in [5.74, 6) is -1.12. The maximum atomic E-state index is 12.1. The molecule has 5 nitrogen and oxygen atoms in total. The Kier molecular flexibility index (Phi) is 4.24. The molecule has 1 unspecified atom stereocenters. The zero-order valence-electron chi connectivity index (χ0n) is 11.0. The Morgan fingerprint density at radius 1 is 1.47 bits per heavy atom. The van der Waals surface area contributed by atoms with Gasteiger partial charge >= 0.3 is 5.97 Å². The van der Waals surface area contributed by atoms with Gasteiger partial charge in [-0.05, 0) is 31.9 Å². The molecule has 2 rings (SSSR count). The molecule has 1 amide bonds. The number of carbonyl (C=O) groups is 2. The number of rotatable bonds is 5. The summed E-state index contributed by atoms with van der Waals surface area (Å²) < 4.78 is 5.23. The van der Waals surface area contributed by atoms with E-state index < -0.39 is 17.8 Å². The molecule has 0 radical (unpaired) electrons. The SMILES string of the molecule is CC(Cc1ccco1)NC(=O)[C@@H]1CCC[C@@H]1C(=O)O. The third-order valence-corrected chi connectivity index (χ3v) is 3.65. The molecule has 5 heteroatoms. The van der Waals surface area contributed by atoms with Crippen LogP contribution < -0.4 is 5.32 Å². The standard InChI is InChI=1S/C14H19NO4/c1-9(8-10-4-3-7-19-10)15-13(16)11-5-2-6-12(11)14(17)18/h3-4,7,9,11-12H,2,5-6,8H2,1H3,(H,15,16)(H,17,18)/t9?,11-,12+/m1/s1. The van der Waals surface area contributed by atoms with Crippen molar-refractivity contribution in [3.8, 4) is 0 Å². The van der Waals surface area contributed by atoms with Crippen LogP contribution in [0.5, 0.6) is 0 Å². The molecule has 1 fully saturated rings. The largest absolute Gasteiger partial charge is 0.481 e. The summed E-state index contributed by atoms with van der Waals surface area (Å²) in [6.07, 6.45) is 4.28. The van der Waals surface area contributed by atoms with E-state index in [0.717, 1.165) is 12.2 Å². The molecule has 3 atom stereocenters. The number of carboxylic acids is 1. The van der Waals surface area contributed by atoms with Gasteiger partial charge < -0.3 is 14.8 Å².